The average Bonchev–Trinajstić information content (AvgIpc) is 3.34. The molecule has 4 rings (SSSR count). The molecule has 0 spiro atoms. The summed E-state index contributed by atoms with van der Waals surface area (Å²) in [7, 11) is -2.32. The number of H-pyrrole nitrogens is 1. The van der Waals surface area contributed by atoms with Crippen LogP contribution in [0.15, 0.2) is 58.7 Å². The van der Waals surface area contributed by atoms with E-state index in [1.165, 1.54) is 35.4 Å². The number of carboxylic acid groups (broad SMARTS) is 1. The van der Waals surface area contributed by atoms with Crippen molar-refractivity contribution in [3.63, 3.8) is 0 Å². The van der Waals surface area contributed by atoms with Gasteiger partial charge in [0, 0.05) is 23.9 Å². The van der Waals surface area contributed by atoms with Crippen LogP contribution in [0.3, 0.4) is 0 Å². The zero-order chi connectivity index (χ0) is 20.6. The molecule has 10 heteroatoms. The second kappa shape index (κ2) is 7.53. The van der Waals surface area contributed by atoms with E-state index in [0.29, 0.717) is 17.7 Å². The Bertz CT molecular complexity index is 1210. The van der Waals surface area contributed by atoms with Gasteiger partial charge in [0.1, 0.15) is 5.04 Å². The number of rotatable bonds is 6. The fourth-order valence-electron chi connectivity index (χ4n) is 3.15. The summed E-state index contributed by atoms with van der Waals surface area (Å²) in [6.45, 7) is 0.447. The first-order valence-electron chi connectivity index (χ1n) is 8.81. The molecular weight excluding hydrogens is 412 g/mol. The van der Waals surface area contributed by atoms with Crippen LogP contribution in [0.2, 0.25) is 0 Å². The molecule has 3 heterocycles. The predicted octanol–water partition coefficient (Wildman–Crippen LogP) is 2.72. The molecule has 0 saturated carbocycles. The van der Waals surface area contributed by atoms with Crippen molar-refractivity contribution >= 4 is 49.4 Å². The highest BCUT2D eigenvalue weighted by Gasteiger charge is 2.27. The number of thioether (sulfide) groups is 1. The Balaban J connectivity index is 1.68. The van der Waals surface area contributed by atoms with Crippen LogP contribution in [0.1, 0.15) is 12.1 Å². The molecule has 1 unspecified atom stereocenters. The summed E-state index contributed by atoms with van der Waals surface area (Å²) < 4.78 is 27.1. The summed E-state index contributed by atoms with van der Waals surface area (Å²) >= 11 is 1.42. The van der Waals surface area contributed by atoms with Gasteiger partial charge < -0.3 is 10.1 Å². The molecule has 2 aromatic heterocycles. The average molecular weight is 431 g/mol. The third-order valence-electron chi connectivity index (χ3n) is 4.59. The van der Waals surface area contributed by atoms with Gasteiger partial charge in [-0.25, -0.2) is 4.98 Å². The summed E-state index contributed by atoms with van der Waals surface area (Å²) in [6.07, 6.45) is 1.49. The van der Waals surface area contributed by atoms with Gasteiger partial charge in [-0.05, 0) is 24.3 Å². The van der Waals surface area contributed by atoms with Gasteiger partial charge in [-0.15, -0.1) is 0 Å². The van der Waals surface area contributed by atoms with Crippen molar-refractivity contribution in [2.24, 2.45) is 4.99 Å². The first-order chi connectivity index (χ1) is 13.9. The minimum atomic E-state index is -3.81. The molecule has 0 bridgehead atoms. The van der Waals surface area contributed by atoms with E-state index in [1.54, 1.807) is 24.3 Å². The van der Waals surface area contributed by atoms with Crippen LogP contribution in [0.4, 0.5) is 5.69 Å². The van der Waals surface area contributed by atoms with Gasteiger partial charge in [-0.3, -0.25) is 14.1 Å². The van der Waals surface area contributed by atoms with E-state index < -0.39 is 16.0 Å². The van der Waals surface area contributed by atoms with E-state index in [-0.39, 0.29) is 16.7 Å². The van der Waals surface area contributed by atoms with E-state index in [1.807, 2.05) is 12.1 Å². The highest BCUT2D eigenvalue weighted by molar-refractivity contribution is 8.15. The largest absolute Gasteiger partial charge is 0.481 e. The summed E-state index contributed by atoms with van der Waals surface area (Å²) in [4.78, 5) is 22.6. The Morgan fingerprint density at radius 2 is 2.14 bits per heavy atom. The lowest BCUT2D eigenvalue weighted by molar-refractivity contribution is -0.136. The molecule has 1 aromatic carbocycles. The molecule has 0 radical (unpaired) electrons. The van der Waals surface area contributed by atoms with Crippen molar-refractivity contribution in [3.05, 3.63) is 54.4 Å². The first-order valence-corrected chi connectivity index (χ1v) is 11.1. The molecule has 1 atom stereocenters. The van der Waals surface area contributed by atoms with Crippen LogP contribution in [0.25, 0.3) is 10.9 Å². The Morgan fingerprint density at radius 3 is 2.86 bits per heavy atom. The van der Waals surface area contributed by atoms with Crippen LogP contribution in [-0.2, 0) is 14.8 Å². The number of benzene rings is 1. The predicted molar refractivity (Wildman–Crippen MR) is 113 cm³/mol. The molecule has 29 heavy (non-hydrogen) atoms. The van der Waals surface area contributed by atoms with Crippen LogP contribution >= 0.6 is 11.8 Å². The molecule has 150 valence electrons. The van der Waals surface area contributed by atoms with E-state index in [2.05, 4.69) is 15.0 Å². The zero-order valence-electron chi connectivity index (χ0n) is 15.4. The van der Waals surface area contributed by atoms with Gasteiger partial charge in [0.05, 0.1) is 29.9 Å². The SMILES string of the molecule is CN(c1cccc2cc(C3=NCC(CC(=O)O)S3)[nH]c12)S(=O)(=O)c1ccccn1. The third-order valence-corrected chi connectivity index (χ3v) is 7.49. The Kier molecular flexibility index (Phi) is 5.05. The van der Waals surface area contributed by atoms with Gasteiger partial charge in [0.15, 0.2) is 5.03 Å². The van der Waals surface area contributed by atoms with Gasteiger partial charge in [0.25, 0.3) is 10.0 Å². The zero-order valence-corrected chi connectivity index (χ0v) is 17.1. The topological polar surface area (TPSA) is 116 Å². The van der Waals surface area contributed by atoms with E-state index in [0.717, 1.165) is 16.1 Å². The number of sulfonamides is 1. The summed E-state index contributed by atoms with van der Waals surface area (Å²) in [5, 5.41) is 10.4. The number of pyridine rings is 1. The van der Waals surface area contributed by atoms with E-state index in [4.69, 9.17) is 5.11 Å². The maximum absolute atomic E-state index is 13.0. The molecule has 0 fully saturated rings. The summed E-state index contributed by atoms with van der Waals surface area (Å²) in [6, 6.07) is 12.0. The number of nitrogens with zero attached hydrogens (tertiary/aromatic N) is 3. The number of aromatic nitrogens is 2. The number of anilines is 1. The number of hydrogen-bond acceptors (Lipinski definition) is 6. The first kappa shape index (κ1) is 19.5. The van der Waals surface area contributed by atoms with Crippen molar-refractivity contribution < 1.29 is 18.3 Å². The number of aliphatic imine (C=N–C) groups is 1. The van der Waals surface area contributed by atoms with Crippen molar-refractivity contribution in [2.45, 2.75) is 16.7 Å². The lowest BCUT2D eigenvalue weighted by atomic mass is 10.2. The lowest BCUT2D eigenvalue weighted by Gasteiger charge is -2.19. The minimum absolute atomic E-state index is 0.0291. The molecule has 0 amide bonds. The Morgan fingerprint density at radius 1 is 1.31 bits per heavy atom. The van der Waals surface area contributed by atoms with Crippen molar-refractivity contribution in [1.82, 2.24) is 9.97 Å². The molecule has 8 nitrogen and oxygen atoms in total. The standard InChI is InChI=1S/C19H18N4O4S2/c1-23(29(26,27)16-7-2-3-8-20-16)15-6-4-5-12-9-14(22-18(12)15)19-21-11-13(28-19)10-17(24)25/h2-9,13,22H,10-11H2,1H3,(H,24,25). The molecule has 3 aromatic rings. The number of fused-ring (bicyclic) bond motifs is 1. The number of aromatic amines is 1. The molecule has 1 aliphatic heterocycles. The van der Waals surface area contributed by atoms with Crippen molar-refractivity contribution in [3.8, 4) is 0 Å². The van der Waals surface area contributed by atoms with Crippen molar-refractivity contribution in [1.29, 1.82) is 0 Å². The van der Waals surface area contributed by atoms with E-state index in [9.17, 15) is 13.2 Å². The lowest BCUT2D eigenvalue weighted by Crippen LogP contribution is -2.27. The van der Waals surface area contributed by atoms with Gasteiger partial charge in [-0.2, -0.15) is 8.42 Å². The molecule has 0 aliphatic carbocycles. The fraction of sp³-hybridized carbons (Fsp3) is 0.211. The monoisotopic (exact) mass is 430 g/mol. The third kappa shape index (κ3) is 3.73. The van der Waals surface area contributed by atoms with Crippen LogP contribution in [0, 0.1) is 0 Å². The fourth-order valence-corrected chi connectivity index (χ4v) is 5.37. The smallest absolute Gasteiger partial charge is 0.304 e. The highest BCUT2D eigenvalue weighted by Crippen LogP contribution is 2.33. The molecule has 1 aliphatic rings. The maximum atomic E-state index is 13.0. The molecule has 2 N–H and O–H groups in total. The van der Waals surface area contributed by atoms with Crippen LogP contribution in [-0.4, -0.2) is 53.3 Å². The van der Waals surface area contributed by atoms with Gasteiger partial charge in [0.2, 0.25) is 0 Å². The quantitative estimate of drug-likeness (QED) is 0.621. The summed E-state index contributed by atoms with van der Waals surface area (Å²) in [5.41, 5.74) is 1.90. The van der Waals surface area contributed by atoms with Gasteiger partial charge in [-0.1, -0.05) is 30.0 Å². The number of aliphatic carboxylic acids is 1. The number of hydrogen-bond donors (Lipinski definition) is 2. The second-order valence-electron chi connectivity index (χ2n) is 6.55. The Labute approximate surface area is 171 Å². The second-order valence-corrected chi connectivity index (χ2v) is 9.75. The number of carboxylic acids is 1. The summed E-state index contributed by atoms with van der Waals surface area (Å²) in [5.74, 6) is -0.848. The van der Waals surface area contributed by atoms with Crippen LogP contribution < -0.4 is 4.31 Å². The minimum Gasteiger partial charge on any atom is -0.481 e. The number of nitrogens with one attached hydrogen (secondary N) is 1. The maximum Gasteiger partial charge on any atom is 0.304 e. The number of para-hydroxylation sites is 1. The molecule has 0 saturated heterocycles. The van der Waals surface area contributed by atoms with Crippen LogP contribution in [0.5, 0.6) is 0 Å². The Hall–Kier alpha value is -2.85. The number of carbonyl (C=O) groups is 1. The molecular formula is C19H18N4O4S2. The van der Waals surface area contributed by atoms with Gasteiger partial charge >= 0.3 is 5.97 Å². The van der Waals surface area contributed by atoms with E-state index >= 15 is 0 Å². The highest BCUT2D eigenvalue weighted by atomic mass is 32.2. The van der Waals surface area contributed by atoms with Crippen molar-refractivity contribution in [2.75, 3.05) is 17.9 Å². The normalized spacial score (nSPS) is 16.7.